The SMILES string of the molecule is CCCN(CC(C)(C)CN)C(=O)c1sccc1OC. The molecule has 2 N–H and O–H groups in total. The number of nitrogens with two attached hydrogens (primary N) is 1. The highest BCUT2D eigenvalue weighted by molar-refractivity contribution is 7.12. The number of ether oxygens (including phenoxy) is 1. The average Bonchev–Trinajstić information content (AvgIpc) is 2.85. The summed E-state index contributed by atoms with van der Waals surface area (Å²) >= 11 is 1.42. The third-order valence-electron chi connectivity index (χ3n) is 3.00. The van der Waals surface area contributed by atoms with Crippen molar-refractivity contribution in [2.75, 3.05) is 26.7 Å². The van der Waals surface area contributed by atoms with Crippen LogP contribution in [-0.2, 0) is 0 Å². The Kier molecular flexibility index (Phi) is 5.82. The number of hydrogen-bond donors (Lipinski definition) is 1. The molecule has 0 radical (unpaired) electrons. The van der Waals surface area contributed by atoms with Gasteiger partial charge in [-0.15, -0.1) is 11.3 Å². The van der Waals surface area contributed by atoms with Crippen molar-refractivity contribution in [3.63, 3.8) is 0 Å². The van der Waals surface area contributed by atoms with Gasteiger partial charge in [-0.3, -0.25) is 4.79 Å². The van der Waals surface area contributed by atoms with E-state index in [0.29, 0.717) is 23.7 Å². The molecule has 4 nitrogen and oxygen atoms in total. The fraction of sp³-hybridized carbons (Fsp3) is 0.643. The predicted molar refractivity (Wildman–Crippen MR) is 79.9 cm³/mol. The summed E-state index contributed by atoms with van der Waals surface area (Å²) in [6.07, 6.45) is 0.931. The third-order valence-corrected chi connectivity index (χ3v) is 3.88. The Bertz CT molecular complexity index is 415. The van der Waals surface area contributed by atoms with Crippen LogP contribution in [0.25, 0.3) is 0 Å². The minimum absolute atomic E-state index is 0.0372. The van der Waals surface area contributed by atoms with E-state index in [-0.39, 0.29) is 11.3 Å². The van der Waals surface area contributed by atoms with E-state index < -0.39 is 0 Å². The molecule has 0 aliphatic heterocycles. The molecular formula is C14H24N2O2S. The van der Waals surface area contributed by atoms with Gasteiger partial charge < -0.3 is 15.4 Å². The lowest BCUT2D eigenvalue weighted by atomic mass is 9.93. The van der Waals surface area contributed by atoms with E-state index in [1.165, 1.54) is 11.3 Å². The Labute approximate surface area is 119 Å². The summed E-state index contributed by atoms with van der Waals surface area (Å²) in [6.45, 7) is 8.19. The van der Waals surface area contributed by atoms with E-state index in [4.69, 9.17) is 10.5 Å². The molecule has 0 atom stereocenters. The molecule has 0 unspecified atom stereocenters. The first kappa shape index (κ1) is 16.0. The molecule has 1 heterocycles. The van der Waals surface area contributed by atoms with Gasteiger partial charge in [0.15, 0.2) is 0 Å². The second kappa shape index (κ2) is 6.91. The summed E-state index contributed by atoms with van der Waals surface area (Å²) in [5.74, 6) is 0.692. The highest BCUT2D eigenvalue weighted by atomic mass is 32.1. The number of rotatable bonds is 7. The lowest BCUT2D eigenvalue weighted by Gasteiger charge is -2.31. The van der Waals surface area contributed by atoms with Crippen molar-refractivity contribution in [2.45, 2.75) is 27.2 Å². The minimum Gasteiger partial charge on any atom is -0.495 e. The van der Waals surface area contributed by atoms with Gasteiger partial charge in [0.05, 0.1) is 7.11 Å². The maximum Gasteiger partial charge on any atom is 0.267 e. The molecule has 0 aliphatic rings. The average molecular weight is 284 g/mol. The zero-order valence-corrected chi connectivity index (χ0v) is 13.0. The van der Waals surface area contributed by atoms with Gasteiger partial charge in [-0.05, 0) is 29.8 Å². The van der Waals surface area contributed by atoms with Crippen molar-refractivity contribution >= 4 is 17.2 Å². The molecule has 1 aromatic rings. The van der Waals surface area contributed by atoms with Gasteiger partial charge in [0.1, 0.15) is 10.6 Å². The number of amides is 1. The van der Waals surface area contributed by atoms with Gasteiger partial charge in [-0.25, -0.2) is 0 Å². The molecule has 0 aromatic carbocycles. The van der Waals surface area contributed by atoms with Crippen LogP contribution in [0, 0.1) is 5.41 Å². The fourth-order valence-corrected chi connectivity index (χ4v) is 2.69. The molecule has 1 rings (SSSR count). The first-order valence-corrected chi connectivity index (χ1v) is 7.44. The summed E-state index contributed by atoms with van der Waals surface area (Å²) in [7, 11) is 1.59. The highest BCUT2D eigenvalue weighted by Gasteiger charge is 2.26. The van der Waals surface area contributed by atoms with Crippen molar-refractivity contribution in [3.8, 4) is 5.75 Å². The second-order valence-corrected chi connectivity index (χ2v) is 6.33. The van der Waals surface area contributed by atoms with Crippen molar-refractivity contribution in [1.29, 1.82) is 0 Å². The summed E-state index contributed by atoms with van der Waals surface area (Å²) < 4.78 is 5.23. The first-order valence-electron chi connectivity index (χ1n) is 6.56. The fourth-order valence-electron chi connectivity index (χ4n) is 1.86. The van der Waals surface area contributed by atoms with Crippen LogP contribution in [0.5, 0.6) is 5.75 Å². The number of thiophene rings is 1. The lowest BCUT2D eigenvalue weighted by Crippen LogP contribution is -2.42. The van der Waals surface area contributed by atoms with Crippen LogP contribution in [0.3, 0.4) is 0 Å². The van der Waals surface area contributed by atoms with E-state index in [9.17, 15) is 4.79 Å². The zero-order chi connectivity index (χ0) is 14.5. The molecule has 0 fully saturated rings. The molecule has 5 heteroatoms. The van der Waals surface area contributed by atoms with Gasteiger partial charge >= 0.3 is 0 Å². The molecule has 108 valence electrons. The van der Waals surface area contributed by atoms with Crippen molar-refractivity contribution in [2.24, 2.45) is 11.1 Å². The first-order chi connectivity index (χ1) is 8.95. The summed E-state index contributed by atoms with van der Waals surface area (Å²) in [6, 6.07) is 1.83. The van der Waals surface area contributed by atoms with Gasteiger partial charge in [-0.2, -0.15) is 0 Å². The summed E-state index contributed by atoms with van der Waals surface area (Å²) in [5.41, 5.74) is 5.69. The number of carbonyl (C=O) groups is 1. The largest absolute Gasteiger partial charge is 0.495 e. The number of hydrogen-bond acceptors (Lipinski definition) is 4. The van der Waals surface area contributed by atoms with Gasteiger partial charge in [0, 0.05) is 13.1 Å². The monoisotopic (exact) mass is 284 g/mol. The second-order valence-electron chi connectivity index (χ2n) is 5.41. The Morgan fingerprint density at radius 1 is 1.53 bits per heavy atom. The smallest absolute Gasteiger partial charge is 0.267 e. The Hall–Kier alpha value is -1.07. The standard InChI is InChI=1S/C14H24N2O2S/c1-5-7-16(10-14(2,3)9-15)13(17)12-11(18-4)6-8-19-12/h6,8H,5,7,9-10,15H2,1-4H3. The molecule has 0 bridgehead atoms. The van der Waals surface area contributed by atoms with Crippen LogP contribution in [0.2, 0.25) is 0 Å². The molecule has 0 saturated heterocycles. The van der Waals surface area contributed by atoms with E-state index in [1.54, 1.807) is 7.11 Å². The molecule has 19 heavy (non-hydrogen) atoms. The Morgan fingerprint density at radius 3 is 2.74 bits per heavy atom. The Morgan fingerprint density at radius 2 is 2.21 bits per heavy atom. The van der Waals surface area contributed by atoms with Gasteiger partial charge in [-0.1, -0.05) is 20.8 Å². The number of nitrogens with zero attached hydrogens (tertiary/aromatic N) is 1. The summed E-state index contributed by atoms with van der Waals surface area (Å²) in [4.78, 5) is 15.1. The van der Waals surface area contributed by atoms with Crippen LogP contribution in [0.1, 0.15) is 36.9 Å². The highest BCUT2D eigenvalue weighted by Crippen LogP contribution is 2.27. The maximum absolute atomic E-state index is 12.6. The molecule has 0 saturated carbocycles. The predicted octanol–water partition coefficient (Wildman–Crippen LogP) is 2.59. The van der Waals surface area contributed by atoms with Crippen LogP contribution >= 0.6 is 11.3 Å². The zero-order valence-electron chi connectivity index (χ0n) is 12.2. The van der Waals surface area contributed by atoms with Gasteiger partial charge in [0.25, 0.3) is 5.91 Å². The van der Waals surface area contributed by atoms with Crippen LogP contribution in [0.15, 0.2) is 11.4 Å². The lowest BCUT2D eigenvalue weighted by molar-refractivity contribution is 0.0691. The van der Waals surface area contributed by atoms with Crippen LogP contribution in [0.4, 0.5) is 0 Å². The molecule has 1 aromatic heterocycles. The number of methoxy groups -OCH3 is 1. The normalized spacial score (nSPS) is 11.4. The summed E-state index contributed by atoms with van der Waals surface area (Å²) in [5, 5.41) is 1.88. The van der Waals surface area contributed by atoms with Gasteiger partial charge in [0.2, 0.25) is 0 Å². The topological polar surface area (TPSA) is 55.6 Å². The maximum atomic E-state index is 12.6. The van der Waals surface area contributed by atoms with E-state index >= 15 is 0 Å². The molecular weight excluding hydrogens is 260 g/mol. The van der Waals surface area contributed by atoms with Crippen LogP contribution in [-0.4, -0.2) is 37.6 Å². The van der Waals surface area contributed by atoms with E-state index in [0.717, 1.165) is 13.0 Å². The van der Waals surface area contributed by atoms with Crippen molar-refractivity contribution in [3.05, 3.63) is 16.3 Å². The van der Waals surface area contributed by atoms with E-state index in [2.05, 4.69) is 20.8 Å². The van der Waals surface area contributed by atoms with E-state index in [1.807, 2.05) is 16.3 Å². The number of carbonyl (C=O) groups excluding carboxylic acids is 1. The van der Waals surface area contributed by atoms with Crippen molar-refractivity contribution in [1.82, 2.24) is 4.90 Å². The Balaban J connectivity index is 2.90. The van der Waals surface area contributed by atoms with Crippen LogP contribution < -0.4 is 10.5 Å². The molecule has 0 aliphatic carbocycles. The minimum atomic E-state index is -0.0741. The molecule has 0 spiro atoms. The quantitative estimate of drug-likeness (QED) is 0.837. The third kappa shape index (κ3) is 4.21. The van der Waals surface area contributed by atoms with Crippen molar-refractivity contribution < 1.29 is 9.53 Å². The molecule has 1 amide bonds.